The van der Waals surface area contributed by atoms with Gasteiger partial charge in [-0.1, -0.05) is 20.3 Å². The highest BCUT2D eigenvalue weighted by molar-refractivity contribution is 5.94. The van der Waals surface area contributed by atoms with Crippen molar-refractivity contribution in [3.63, 3.8) is 0 Å². The summed E-state index contributed by atoms with van der Waals surface area (Å²) >= 11 is 0. The van der Waals surface area contributed by atoms with Crippen molar-refractivity contribution in [2.45, 2.75) is 64.3 Å². The van der Waals surface area contributed by atoms with Gasteiger partial charge in [0.05, 0.1) is 6.04 Å². The predicted molar refractivity (Wildman–Crippen MR) is 90.7 cm³/mol. The van der Waals surface area contributed by atoms with E-state index in [1.807, 2.05) is 13.8 Å². The molecule has 2 rings (SSSR count). The lowest BCUT2D eigenvalue weighted by Gasteiger charge is -2.37. The second-order valence-corrected chi connectivity index (χ2v) is 7.30. The maximum atomic E-state index is 12.3. The molecule has 1 unspecified atom stereocenters. The van der Waals surface area contributed by atoms with Crippen LogP contribution in [0.1, 0.15) is 40.0 Å². The van der Waals surface area contributed by atoms with Crippen LogP contribution in [-0.4, -0.2) is 53.1 Å². The van der Waals surface area contributed by atoms with E-state index in [1.54, 1.807) is 0 Å². The quantitative estimate of drug-likeness (QED) is 0.396. The van der Waals surface area contributed by atoms with Gasteiger partial charge in [-0.3, -0.25) is 14.4 Å². The van der Waals surface area contributed by atoms with Gasteiger partial charge in [0.15, 0.2) is 6.10 Å². The third kappa shape index (κ3) is 4.51. The Kier molecular flexibility index (Phi) is 6.22. The van der Waals surface area contributed by atoms with Crippen LogP contribution >= 0.6 is 0 Å². The van der Waals surface area contributed by atoms with E-state index in [4.69, 9.17) is 10.5 Å². The Balaban J connectivity index is 1.82. The number of amides is 2. The highest BCUT2D eigenvalue weighted by Crippen LogP contribution is 2.37. The standard InChI is InChI=1S/C17H27N3O6/c1-4-7(2)12-13(26-17(12)25)15(22)19-10-5-9(10)6-11(16(23)24)20-14(21)8(3)18/h7-13H,4-6,18H2,1-3H3,(H,19,22)(H,20,21)(H,23,24)/t7-,8-,9-,10-,11-,12?,13+/m0/s1. The van der Waals surface area contributed by atoms with Gasteiger partial charge in [0.1, 0.15) is 12.0 Å². The van der Waals surface area contributed by atoms with E-state index < -0.39 is 36.0 Å². The Labute approximate surface area is 152 Å². The van der Waals surface area contributed by atoms with Crippen molar-refractivity contribution in [3.05, 3.63) is 0 Å². The number of carboxylic acid groups (broad SMARTS) is 1. The summed E-state index contributed by atoms with van der Waals surface area (Å²) in [5, 5.41) is 14.4. The number of aliphatic carboxylic acids is 1. The molecule has 7 atom stereocenters. The van der Waals surface area contributed by atoms with Gasteiger partial charge in [-0.2, -0.15) is 0 Å². The van der Waals surface area contributed by atoms with Crippen molar-refractivity contribution in [3.8, 4) is 0 Å². The van der Waals surface area contributed by atoms with Crippen molar-refractivity contribution in [1.82, 2.24) is 10.6 Å². The van der Waals surface area contributed by atoms with Crippen molar-refractivity contribution in [2.24, 2.45) is 23.5 Å². The zero-order chi connectivity index (χ0) is 19.6. The van der Waals surface area contributed by atoms with Gasteiger partial charge < -0.3 is 26.2 Å². The van der Waals surface area contributed by atoms with Gasteiger partial charge in [0.25, 0.3) is 5.91 Å². The molecule has 26 heavy (non-hydrogen) atoms. The van der Waals surface area contributed by atoms with Crippen LogP contribution in [0.5, 0.6) is 0 Å². The van der Waals surface area contributed by atoms with E-state index in [1.165, 1.54) is 6.92 Å². The van der Waals surface area contributed by atoms with E-state index in [2.05, 4.69) is 10.6 Å². The lowest BCUT2D eigenvalue weighted by Crippen LogP contribution is -2.56. The molecule has 146 valence electrons. The fraction of sp³-hybridized carbons (Fsp3) is 0.765. The summed E-state index contributed by atoms with van der Waals surface area (Å²) in [6.45, 7) is 5.33. The Bertz CT molecular complexity index is 593. The summed E-state index contributed by atoms with van der Waals surface area (Å²) in [6.07, 6.45) is 0.831. The molecule has 0 aromatic rings. The normalized spacial score (nSPS) is 30.2. The average molecular weight is 369 g/mol. The first-order chi connectivity index (χ1) is 12.1. The third-order valence-corrected chi connectivity index (χ3v) is 5.17. The van der Waals surface area contributed by atoms with Gasteiger partial charge >= 0.3 is 11.9 Å². The molecule has 2 fully saturated rings. The minimum absolute atomic E-state index is 0.0498. The topological polar surface area (TPSA) is 148 Å². The molecule has 0 aromatic heterocycles. The van der Waals surface area contributed by atoms with E-state index in [-0.39, 0.29) is 36.2 Å². The zero-order valence-electron chi connectivity index (χ0n) is 15.2. The van der Waals surface area contributed by atoms with Crippen LogP contribution in [0.3, 0.4) is 0 Å². The maximum absolute atomic E-state index is 12.3. The van der Waals surface area contributed by atoms with Gasteiger partial charge in [0, 0.05) is 6.04 Å². The number of nitrogens with two attached hydrogens (primary N) is 1. The van der Waals surface area contributed by atoms with Crippen LogP contribution < -0.4 is 16.4 Å². The van der Waals surface area contributed by atoms with Crippen LogP contribution in [0.15, 0.2) is 0 Å². The number of rotatable bonds is 9. The van der Waals surface area contributed by atoms with E-state index in [0.29, 0.717) is 6.42 Å². The van der Waals surface area contributed by atoms with Gasteiger partial charge in [-0.05, 0) is 31.6 Å². The first-order valence-corrected chi connectivity index (χ1v) is 8.95. The molecule has 0 bridgehead atoms. The summed E-state index contributed by atoms with van der Waals surface area (Å²) in [6, 6.07) is -2.01. The van der Waals surface area contributed by atoms with Crippen molar-refractivity contribution < 1.29 is 29.0 Å². The number of hydrogen-bond donors (Lipinski definition) is 4. The molecule has 2 aliphatic rings. The highest BCUT2D eigenvalue weighted by atomic mass is 16.6. The molecule has 1 aliphatic heterocycles. The van der Waals surface area contributed by atoms with Crippen LogP contribution in [-0.2, 0) is 23.9 Å². The molecule has 0 spiro atoms. The van der Waals surface area contributed by atoms with Crippen molar-refractivity contribution in [2.75, 3.05) is 0 Å². The van der Waals surface area contributed by atoms with Gasteiger partial charge in [0.2, 0.25) is 5.91 Å². The first-order valence-electron chi connectivity index (χ1n) is 8.95. The van der Waals surface area contributed by atoms with E-state index in [9.17, 15) is 24.3 Å². The predicted octanol–water partition coefficient (Wildman–Crippen LogP) is -0.614. The number of carboxylic acids is 1. The van der Waals surface area contributed by atoms with Crippen LogP contribution in [0.4, 0.5) is 0 Å². The smallest absolute Gasteiger partial charge is 0.326 e. The number of hydrogen-bond acceptors (Lipinski definition) is 6. The lowest BCUT2D eigenvalue weighted by molar-refractivity contribution is -0.193. The number of cyclic esters (lactones) is 1. The van der Waals surface area contributed by atoms with Gasteiger partial charge in [-0.15, -0.1) is 0 Å². The fourth-order valence-corrected chi connectivity index (χ4v) is 3.11. The van der Waals surface area contributed by atoms with E-state index >= 15 is 0 Å². The van der Waals surface area contributed by atoms with Crippen molar-refractivity contribution >= 4 is 23.8 Å². The fourth-order valence-electron chi connectivity index (χ4n) is 3.11. The van der Waals surface area contributed by atoms with E-state index in [0.717, 1.165) is 6.42 Å². The highest BCUT2D eigenvalue weighted by Gasteiger charge is 2.51. The summed E-state index contributed by atoms with van der Waals surface area (Å²) in [5.74, 6) is -2.77. The number of nitrogens with one attached hydrogen (secondary N) is 2. The molecule has 5 N–H and O–H groups in total. The minimum atomic E-state index is -1.14. The average Bonchev–Trinajstić information content (AvgIpc) is 3.28. The first kappa shape index (κ1) is 20.2. The SMILES string of the molecule is CC[C@H](C)C1C(=O)O[C@H]1C(=O)N[C@H]1C[C@H]1C[C@H](NC(=O)[C@H](C)N)C(=O)O. The zero-order valence-corrected chi connectivity index (χ0v) is 15.2. The lowest BCUT2D eigenvalue weighted by atomic mass is 9.83. The second kappa shape index (κ2) is 8.03. The Morgan fingerprint density at radius 2 is 2.00 bits per heavy atom. The largest absolute Gasteiger partial charge is 0.480 e. The molecule has 1 heterocycles. The van der Waals surface area contributed by atoms with Crippen LogP contribution in [0.25, 0.3) is 0 Å². The number of esters is 1. The molecule has 9 nitrogen and oxygen atoms in total. The summed E-state index contributed by atoms with van der Waals surface area (Å²) in [4.78, 5) is 46.8. The van der Waals surface area contributed by atoms with Crippen molar-refractivity contribution in [1.29, 1.82) is 0 Å². The molecular formula is C17H27N3O6. The number of carbonyl (C=O) groups is 4. The van der Waals surface area contributed by atoms with Gasteiger partial charge in [-0.25, -0.2) is 4.79 Å². The minimum Gasteiger partial charge on any atom is -0.480 e. The molecule has 0 aromatic carbocycles. The molecule has 0 radical (unpaired) electrons. The maximum Gasteiger partial charge on any atom is 0.326 e. The Hall–Kier alpha value is -2.16. The second-order valence-electron chi connectivity index (χ2n) is 7.30. The number of carbonyl (C=O) groups excluding carboxylic acids is 3. The van der Waals surface area contributed by atoms with Crippen LogP contribution in [0.2, 0.25) is 0 Å². The molecule has 1 aliphatic carbocycles. The summed E-state index contributed by atoms with van der Waals surface area (Å²) in [7, 11) is 0. The summed E-state index contributed by atoms with van der Waals surface area (Å²) < 4.78 is 4.98. The Morgan fingerprint density at radius 1 is 1.35 bits per heavy atom. The molecule has 2 amide bonds. The summed E-state index contributed by atoms with van der Waals surface area (Å²) in [5.41, 5.74) is 5.44. The van der Waals surface area contributed by atoms with Crippen LogP contribution in [0, 0.1) is 17.8 Å². The Morgan fingerprint density at radius 3 is 2.50 bits per heavy atom. The third-order valence-electron chi connectivity index (χ3n) is 5.17. The molecule has 9 heteroatoms. The molecule has 1 saturated heterocycles. The molecular weight excluding hydrogens is 342 g/mol. The monoisotopic (exact) mass is 369 g/mol. The number of ether oxygens (including phenoxy) is 1. The molecule has 1 saturated carbocycles.